The van der Waals surface area contributed by atoms with Crippen molar-refractivity contribution in [2.75, 3.05) is 6.61 Å². The van der Waals surface area contributed by atoms with Gasteiger partial charge in [-0.05, 0) is 19.8 Å². The predicted octanol–water partition coefficient (Wildman–Crippen LogP) is 1.93. The summed E-state index contributed by atoms with van der Waals surface area (Å²) in [6, 6.07) is 0. The van der Waals surface area contributed by atoms with Crippen molar-refractivity contribution in [1.82, 2.24) is 14.6 Å². The molecule has 0 fully saturated rings. The van der Waals surface area contributed by atoms with Gasteiger partial charge in [0.2, 0.25) is 0 Å². The van der Waals surface area contributed by atoms with E-state index in [1.165, 1.54) is 10.7 Å². The molecule has 0 saturated heterocycles. The lowest BCUT2D eigenvalue weighted by atomic mass is 10.1. The molecule has 108 valence electrons. The number of carbonyl (C=O) groups excluding carboxylic acids is 1. The number of fused-ring (bicyclic) bond motifs is 1. The zero-order valence-electron chi connectivity index (χ0n) is 11.8. The third kappa shape index (κ3) is 2.74. The number of esters is 1. The minimum atomic E-state index is -0.475. The smallest absolute Gasteiger partial charge is 0.343 e. The number of nitrogens with zero attached hydrogens (tertiary/aromatic N) is 2. The largest absolute Gasteiger partial charge is 0.462 e. The van der Waals surface area contributed by atoms with Crippen molar-refractivity contribution < 1.29 is 9.53 Å². The summed E-state index contributed by atoms with van der Waals surface area (Å²) < 4.78 is 6.23. The van der Waals surface area contributed by atoms with E-state index >= 15 is 0 Å². The third-order valence-electron chi connectivity index (χ3n) is 3.16. The Bertz CT molecular complexity index is 657. The second-order valence-electron chi connectivity index (χ2n) is 4.61. The highest BCUT2D eigenvalue weighted by Crippen LogP contribution is 2.09. The van der Waals surface area contributed by atoms with Crippen molar-refractivity contribution in [3.05, 3.63) is 33.9 Å². The van der Waals surface area contributed by atoms with Gasteiger partial charge < -0.3 is 4.74 Å². The van der Waals surface area contributed by atoms with Crippen LogP contribution in [0.25, 0.3) is 5.65 Å². The lowest BCUT2D eigenvalue weighted by Crippen LogP contribution is -2.20. The quantitative estimate of drug-likeness (QED) is 0.646. The van der Waals surface area contributed by atoms with Crippen LogP contribution < -0.4 is 5.56 Å². The van der Waals surface area contributed by atoms with Gasteiger partial charge in [0.05, 0.1) is 6.61 Å². The Balaban J connectivity index is 2.33. The third-order valence-corrected chi connectivity index (χ3v) is 3.16. The van der Waals surface area contributed by atoms with Crippen LogP contribution in [-0.4, -0.2) is 27.2 Å². The Morgan fingerprint density at radius 3 is 2.90 bits per heavy atom. The standard InChI is InChI=1S/C14H19N3O3/c1-3-5-6-7-10-8-15-12-11(14(19)20-4-2)9-16-17(12)13(10)18/h8-9,16H,3-7H2,1-2H3. The van der Waals surface area contributed by atoms with Gasteiger partial charge in [0.1, 0.15) is 5.56 Å². The van der Waals surface area contributed by atoms with Gasteiger partial charge in [-0.1, -0.05) is 19.8 Å². The Kier molecular flexibility index (Phi) is 4.55. The van der Waals surface area contributed by atoms with E-state index in [9.17, 15) is 9.59 Å². The minimum Gasteiger partial charge on any atom is -0.462 e. The van der Waals surface area contributed by atoms with Gasteiger partial charge in [-0.15, -0.1) is 0 Å². The van der Waals surface area contributed by atoms with Crippen molar-refractivity contribution in [3.63, 3.8) is 0 Å². The maximum Gasteiger partial charge on any atom is 0.343 e. The van der Waals surface area contributed by atoms with Gasteiger partial charge in [-0.2, -0.15) is 0 Å². The van der Waals surface area contributed by atoms with E-state index in [1.54, 1.807) is 13.1 Å². The molecule has 20 heavy (non-hydrogen) atoms. The summed E-state index contributed by atoms with van der Waals surface area (Å²) >= 11 is 0. The van der Waals surface area contributed by atoms with Crippen LogP contribution in [0.15, 0.2) is 17.2 Å². The summed E-state index contributed by atoms with van der Waals surface area (Å²) in [5.41, 5.74) is 1.10. The molecule has 0 unspecified atom stereocenters. The number of unbranched alkanes of at least 4 members (excludes halogenated alkanes) is 2. The van der Waals surface area contributed by atoms with Gasteiger partial charge in [-0.25, -0.2) is 14.3 Å². The van der Waals surface area contributed by atoms with Crippen molar-refractivity contribution in [1.29, 1.82) is 0 Å². The minimum absolute atomic E-state index is 0.151. The van der Waals surface area contributed by atoms with Crippen LogP contribution in [0.1, 0.15) is 49.0 Å². The number of nitrogens with one attached hydrogen (secondary N) is 1. The molecule has 0 aromatic carbocycles. The molecule has 6 nitrogen and oxygen atoms in total. The summed E-state index contributed by atoms with van der Waals surface area (Å²) in [6.07, 6.45) is 6.87. The molecule has 0 spiro atoms. The van der Waals surface area contributed by atoms with E-state index in [2.05, 4.69) is 17.0 Å². The van der Waals surface area contributed by atoms with E-state index in [-0.39, 0.29) is 17.7 Å². The second-order valence-corrected chi connectivity index (χ2v) is 4.61. The molecular weight excluding hydrogens is 258 g/mol. The highest BCUT2D eigenvalue weighted by molar-refractivity contribution is 5.95. The topological polar surface area (TPSA) is 76.5 Å². The van der Waals surface area contributed by atoms with E-state index in [0.29, 0.717) is 17.6 Å². The lowest BCUT2D eigenvalue weighted by Gasteiger charge is -2.02. The van der Waals surface area contributed by atoms with Gasteiger partial charge in [0.15, 0.2) is 5.65 Å². The van der Waals surface area contributed by atoms with Crippen LogP contribution in [-0.2, 0) is 11.2 Å². The van der Waals surface area contributed by atoms with Crippen molar-refractivity contribution in [2.24, 2.45) is 0 Å². The molecule has 2 aromatic rings. The zero-order valence-corrected chi connectivity index (χ0v) is 11.8. The highest BCUT2D eigenvalue weighted by Gasteiger charge is 2.16. The highest BCUT2D eigenvalue weighted by atomic mass is 16.5. The Hall–Kier alpha value is -2.11. The predicted molar refractivity (Wildman–Crippen MR) is 75.0 cm³/mol. The Morgan fingerprint density at radius 2 is 2.20 bits per heavy atom. The van der Waals surface area contributed by atoms with Gasteiger partial charge in [0.25, 0.3) is 5.56 Å². The van der Waals surface area contributed by atoms with Crippen molar-refractivity contribution in [2.45, 2.75) is 39.5 Å². The number of ether oxygens (including phenoxy) is 1. The molecule has 2 heterocycles. The molecule has 0 radical (unpaired) electrons. The maximum atomic E-state index is 12.3. The van der Waals surface area contributed by atoms with Gasteiger partial charge in [0, 0.05) is 18.0 Å². The fourth-order valence-corrected chi connectivity index (χ4v) is 2.09. The first-order chi connectivity index (χ1) is 9.69. The molecule has 2 aromatic heterocycles. The lowest BCUT2D eigenvalue weighted by molar-refractivity contribution is 0.0528. The molecule has 6 heteroatoms. The molecule has 0 aliphatic heterocycles. The molecule has 0 atom stereocenters. The number of rotatable bonds is 6. The van der Waals surface area contributed by atoms with Crippen LogP contribution in [0.4, 0.5) is 0 Å². The zero-order chi connectivity index (χ0) is 14.5. The summed E-state index contributed by atoms with van der Waals surface area (Å²) in [5.74, 6) is -0.475. The summed E-state index contributed by atoms with van der Waals surface area (Å²) in [6.45, 7) is 4.14. The monoisotopic (exact) mass is 277 g/mol. The van der Waals surface area contributed by atoms with E-state index < -0.39 is 5.97 Å². The Labute approximate surface area is 116 Å². The van der Waals surface area contributed by atoms with Gasteiger partial charge in [-0.3, -0.25) is 9.89 Å². The fraction of sp³-hybridized carbons (Fsp3) is 0.500. The van der Waals surface area contributed by atoms with Crippen molar-refractivity contribution >= 4 is 11.6 Å². The average Bonchev–Trinajstić information content (AvgIpc) is 2.86. The summed E-state index contributed by atoms with van der Waals surface area (Å²) in [5, 5.41) is 2.77. The summed E-state index contributed by atoms with van der Waals surface area (Å²) in [4.78, 5) is 28.2. The van der Waals surface area contributed by atoms with Crippen LogP contribution in [0.5, 0.6) is 0 Å². The molecule has 0 amide bonds. The number of carbonyl (C=O) groups is 1. The fourth-order valence-electron chi connectivity index (χ4n) is 2.09. The number of hydrogen-bond acceptors (Lipinski definition) is 4. The molecule has 0 bridgehead atoms. The van der Waals surface area contributed by atoms with E-state index in [1.807, 2.05) is 0 Å². The van der Waals surface area contributed by atoms with Crippen LogP contribution >= 0.6 is 0 Å². The number of H-pyrrole nitrogens is 1. The van der Waals surface area contributed by atoms with Gasteiger partial charge >= 0.3 is 5.97 Å². The Morgan fingerprint density at radius 1 is 1.40 bits per heavy atom. The second kappa shape index (κ2) is 6.36. The molecule has 0 aliphatic rings. The molecule has 0 saturated carbocycles. The first-order valence-electron chi connectivity index (χ1n) is 6.94. The van der Waals surface area contributed by atoms with Crippen molar-refractivity contribution in [3.8, 4) is 0 Å². The van der Waals surface area contributed by atoms with E-state index in [0.717, 1.165) is 19.3 Å². The SMILES string of the molecule is CCCCCc1cnc2c(C(=O)OCC)c[nH]n2c1=O. The number of hydrogen-bond donors (Lipinski definition) is 1. The first-order valence-corrected chi connectivity index (χ1v) is 6.94. The maximum absolute atomic E-state index is 12.3. The number of aromatic amines is 1. The van der Waals surface area contributed by atoms with Crippen LogP contribution in [0.3, 0.4) is 0 Å². The molecule has 2 rings (SSSR count). The summed E-state index contributed by atoms with van der Waals surface area (Å²) in [7, 11) is 0. The average molecular weight is 277 g/mol. The van der Waals surface area contributed by atoms with Crippen LogP contribution in [0, 0.1) is 0 Å². The normalized spacial score (nSPS) is 10.9. The molecule has 0 aliphatic carbocycles. The number of aryl methyl sites for hydroxylation is 1. The number of aromatic nitrogens is 3. The first kappa shape index (κ1) is 14.3. The molecular formula is C14H19N3O3. The van der Waals surface area contributed by atoms with E-state index in [4.69, 9.17) is 4.74 Å². The molecule has 1 N–H and O–H groups in total. The van der Waals surface area contributed by atoms with Crippen LogP contribution in [0.2, 0.25) is 0 Å².